The van der Waals surface area contributed by atoms with Crippen LogP contribution in [0.1, 0.15) is 18.0 Å². The van der Waals surface area contributed by atoms with Gasteiger partial charge in [0.25, 0.3) is 0 Å². The van der Waals surface area contributed by atoms with Gasteiger partial charge >= 0.3 is 0 Å². The second-order valence-corrected chi connectivity index (χ2v) is 6.18. The Morgan fingerprint density at radius 3 is 2.59 bits per heavy atom. The summed E-state index contributed by atoms with van der Waals surface area (Å²) in [5.74, 6) is -0.370. The van der Waals surface area contributed by atoms with Crippen molar-refractivity contribution in [2.45, 2.75) is 12.5 Å². The number of nitrogens with two attached hydrogens (primary N) is 1. The summed E-state index contributed by atoms with van der Waals surface area (Å²) >= 11 is 0. The van der Waals surface area contributed by atoms with Gasteiger partial charge in [-0.1, -0.05) is 6.07 Å². The van der Waals surface area contributed by atoms with Gasteiger partial charge in [0.1, 0.15) is 9.84 Å². The van der Waals surface area contributed by atoms with Crippen molar-refractivity contribution in [2.24, 2.45) is 5.73 Å². The van der Waals surface area contributed by atoms with Crippen LogP contribution in [-0.4, -0.2) is 27.5 Å². The Morgan fingerprint density at radius 1 is 1.47 bits per heavy atom. The molecule has 0 radical (unpaired) electrons. The van der Waals surface area contributed by atoms with Crippen molar-refractivity contribution in [3.8, 4) is 5.75 Å². The van der Waals surface area contributed by atoms with Gasteiger partial charge in [0.2, 0.25) is 0 Å². The molecule has 6 heteroatoms. The third-order valence-corrected chi connectivity index (χ3v) is 3.38. The average Bonchev–Trinajstić information content (AvgIpc) is 2.24. The van der Waals surface area contributed by atoms with Gasteiger partial charge in [0.05, 0.1) is 12.9 Å². The van der Waals surface area contributed by atoms with Crippen molar-refractivity contribution in [1.29, 1.82) is 0 Å². The first-order chi connectivity index (χ1) is 7.83. The zero-order valence-corrected chi connectivity index (χ0v) is 10.6. The summed E-state index contributed by atoms with van der Waals surface area (Å²) in [5.41, 5.74) is 6.35. The monoisotopic (exact) mass is 261 g/mol. The molecule has 0 saturated heterocycles. The van der Waals surface area contributed by atoms with Crippen LogP contribution in [0.5, 0.6) is 5.75 Å². The molecule has 17 heavy (non-hydrogen) atoms. The molecule has 0 saturated carbocycles. The molecule has 1 atom stereocenters. The maximum Gasteiger partial charge on any atom is 0.165 e. The van der Waals surface area contributed by atoms with Crippen LogP contribution in [0.2, 0.25) is 0 Å². The molecule has 96 valence electrons. The third kappa shape index (κ3) is 4.32. The molecule has 0 fully saturated rings. The van der Waals surface area contributed by atoms with E-state index in [9.17, 15) is 12.8 Å². The molecule has 1 rings (SSSR count). The Kier molecular flexibility index (Phi) is 4.47. The van der Waals surface area contributed by atoms with Crippen LogP contribution in [0.4, 0.5) is 4.39 Å². The summed E-state index contributed by atoms with van der Waals surface area (Å²) in [7, 11) is -1.67. The summed E-state index contributed by atoms with van der Waals surface area (Å²) in [6.07, 6.45) is 1.42. The molecule has 4 nitrogen and oxygen atoms in total. The number of ether oxygens (including phenoxy) is 1. The maximum atomic E-state index is 13.4. The highest BCUT2D eigenvalue weighted by molar-refractivity contribution is 7.90. The predicted octanol–water partition coefficient (Wildman–Crippen LogP) is 1.27. The fourth-order valence-corrected chi connectivity index (χ4v) is 2.10. The van der Waals surface area contributed by atoms with Gasteiger partial charge in [-0.2, -0.15) is 0 Å². The van der Waals surface area contributed by atoms with Gasteiger partial charge in [-0.25, -0.2) is 12.8 Å². The molecule has 0 heterocycles. The van der Waals surface area contributed by atoms with Crippen molar-refractivity contribution in [3.63, 3.8) is 0 Å². The van der Waals surface area contributed by atoms with E-state index >= 15 is 0 Å². The Bertz CT molecular complexity index is 487. The molecule has 0 spiro atoms. The van der Waals surface area contributed by atoms with E-state index in [0.29, 0.717) is 5.56 Å². The van der Waals surface area contributed by atoms with Crippen LogP contribution in [0.3, 0.4) is 0 Å². The first-order valence-electron chi connectivity index (χ1n) is 5.10. The minimum Gasteiger partial charge on any atom is -0.494 e. The quantitative estimate of drug-likeness (QED) is 0.866. The third-order valence-electron chi connectivity index (χ3n) is 2.40. The molecule has 1 aromatic rings. The normalized spacial score (nSPS) is 13.4. The van der Waals surface area contributed by atoms with E-state index in [4.69, 9.17) is 10.5 Å². The van der Waals surface area contributed by atoms with Crippen LogP contribution < -0.4 is 10.5 Å². The maximum absolute atomic E-state index is 13.4. The summed E-state index contributed by atoms with van der Waals surface area (Å²) in [6.45, 7) is 0. The van der Waals surface area contributed by atoms with E-state index in [1.807, 2.05) is 0 Å². The molecule has 0 aliphatic carbocycles. The fraction of sp³-hybridized carbons (Fsp3) is 0.455. The number of sulfone groups is 1. The van der Waals surface area contributed by atoms with Crippen molar-refractivity contribution >= 4 is 9.84 Å². The van der Waals surface area contributed by atoms with Crippen molar-refractivity contribution in [2.75, 3.05) is 19.1 Å². The Hall–Kier alpha value is -1.14. The SMILES string of the molecule is COc1ccc(C(N)CCS(C)(=O)=O)cc1F. The number of benzene rings is 1. The molecule has 0 bridgehead atoms. The molecule has 0 aromatic heterocycles. The molecule has 1 unspecified atom stereocenters. The smallest absolute Gasteiger partial charge is 0.165 e. The van der Waals surface area contributed by atoms with Gasteiger partial charge < -0.3 is 10.5 Å². The van der Waals surface area contributed by atoms with Gasteiger partial charge in [-0.15, -0.1) is 0 Å². The zero-order valence-electron chi connectivity index (χ0n) is 9.81. The van der Waals surface area contributed by atoms with Crippen LogP contribution in [0.25, 0.3) is 0 Å². The van der Waals surface area contributed by atoms with Crippen LogP contribution in [0.15, 0.2) is 18.2 Å². The minimum atomic E-state index is -3.05. The number of hydrogen-bond donors (Lipinski definition) is 1. The molecule has 0 amide bonds. The lowest BCUT2D eigenvalue weighted by atomic mass is 10.1. The second-order valence-electron chi connectivity index (χ2n) is 3.92. The molecule has 1 aromatic carbocycles. The first kappa shape index (κ1) is 13.9. The summed E-state index contributed by atoms with van der Waals surface area (Å²) in [6, 6.07) is 3.89. The van der Waals surface area contributed by atoms with Gasteiger partial charge in [-0.05, 0) is 24.1 Å². The second kappa shape index (κ2) is 5.46. The topological polar surface area (TPSA) is 69.4 Å². The zero-order chi connectivity index (χ0) is 13.1. The predicted molar refractivity (Wildman–Crippen MR) is 64.2 cm³/mol. The molecular formula is C11H16FNO3S. The van der Waals surface area contributed by atoms with Crippen LogP contribution in [-0.2, 0) is 9.84 Å². The lowest BCUT2D eigenvalue weighted by molar-refractivity contribution is 0.386. The minimum absolute atomic E-state index is 0.0121. The lowest BCUT2D eigenvalue weighted by Crippen LogP contribution is -2.15. The molecule has 0 aliphatic heterocycles. The standard InChI is InChI=1S/C11H16FNO3S/c1-16-11-4-3-8(7-9(11)12)10(13)5-6-17(2,14)15/h3-4,7,10H,5-6,13H2,1-2H3. The van der Waals surface area contributed by atoms with E-state index in [-0.39, 0.29) is 17.9 Å². The van der Waals surface area contributed by atoms with Crippen LogP contribution in [0, 0.1) is 5.82 Å². The lowest BCUT2D eigenvalue weighted by Gasteiger charge is -2.12. The Balaban J connectivity index is 2.76. The van der Waals surface area contributed by atoms with E-state index < -0.39 is 21.7 Å². The van der Waals surface area contributed by atoms with E-state index in [1.54, 1.807) is 6.07 Å². The van der Waals surface area contributed by atoms with E-state index in [0.717, 1.165) is 6.26 Å². The van der Waals surface area contributed by atoms with Crippen molar-refractivity contribution < 1.29 is 17.5 Å². The summed E-state index contributed by atoms with van der Waals surface area (Å²) in [5, 5.41) is 0. The van der Waals surface area contributed by atoms with Gasteiger partial charge in [-0.3, -0.25) is 0 Å². The molecule has 2 N–H and O–H groups in total. The number of rotatable bonds is 5. The Morgan fingerprint density at radius 2 is 2.12 bits per heavy atom. The van der Waals surface area contributed by atoms with E-state index in [1.165, 1.54) is 19.2 Å². The first-order valence-corrected chi connectivity index (χ1v) is 7.16. The molecular weight excluding hydrogens is 245 g/mol. The van der Waals surface area contributed by atoms with Crippen molar-refractivity contribution in [3.05, 3.63) is 29.6 Å². The fourth-order valence-electron chi connectivity index (χ4n) is 1.42. The van der Waals surface area contributed by atoms with Gasteiger partial charge in [0.15, 0.2) is 11.6 Å². The summed E-state index contributed by atoms with van der Waals surface area (Å²) < 4.78 is 40.1. The largest absolute Gasteiger partial charge is 0.494 e. The number of halogens is 1. The highest BCUT2D eigenvalue weighted by Gasteiger charge is 2.12. The summed E-state index contributed by atoms with van der Waals surface area (Å²) in [4.78, 5) is 0. The highest BCUT2D eigenvalue weighted by atomic mass is 32.2. The highest BCUT2D eigenvalue weighted by Crippen LogP contribution is 2.22. The Labute approximate surface area is 101 Å². The number of hydrogen-bond acceptors (Lipinski definition) is 4. The number of methoxy groups -OCH3 is 1. The molecule has 0 aliphatic rings. The van der Waals surface area contributed by atoms with Crippen LogP contribution >= 0.6 is 0 Å². The van der Waals surface area contributed by atoms with Crippen molar-refractivity contribution in [1.82, 2.24) is 0 Å². The van der Waals surface area contributed by atoms with E-state index in [2.05, 4.69) is 0 Å². The average molecular weight is 261 g/mol. The van der Waals surface area contributed by atoms with Gasteiger partial charge in [0, 0.05) is 12.3 Å².